The molecule has 0 radical (unpaired) electrons. The van der Waals surface area contributed by atoms with Crippen LogP contribution in [0.5, 0.6) is 0 Å². The first kappa shape index (κ1) is 14.8. The Morgan fingerprint density at radius 2 is 2.05 bits per heavy atom. The summed E-state index contributed by atoms with van der Waals surface area (Å²) in [6, 6.07) is -0.244. The van der Waals surface area contributed by atoms with Crippen molar-refractivity contribution in [1.29, 1.82) is 0 Å². The van der Waals surface area contributed by atoms with E-state index in [0.717, 1.165) is 4.90 Å². The lowest BCUT2D eigenvalue weighted by molar-refractivity contribution is -0.387. The second-order valence-electron chi connectivity index (χ2n) is 4.54. The fraction of sp³-hybridized carbons (Fsp3) is 0.333. The highest BCUT2D eigenvalue weighted by Gasteiger charge is 2.36. The van der Waals surface area contributed by atoms with Gasteiger partial charge in [0.1, 0.15) is 11.9 Å². The predicted molar refractivity (Wildman–Crippen MR) is 64.7 cm³/mol. The lowest BCUT2D eigenvalue weighted by Crippen LogP contribution is -2.40. The SMILES string of the molecule is O=C(O)C1CCCN1C(=O)c1cc(F)cc([N+](=O)[O-])c1F. The first-order valence-corrected chi connectivity index (χ1v) is 6.00. The average Bonchev–Trinajstić information content (AvgIpc) is 2.89. The zero-order chi connectivity index (χ0) is 15.7. The second-order valence-corrected chi connectivity index (χ2v) is 4.54. The zero-order valence-corrected chi connectivity index (χ0v) is 10.6. The largest absolute Gasteiger partial charge is 0.480 e. The highest BCUT2D eigenvalue weighted by atomic mass is 19.1. The molecule has 1 aliphatic heterocycles. The van der Waals surface area contributed by atoms with Gasteiger partial charge in [0.15, 0.2) is 0 Å². The standard InChI is InChI=1S/C12H10F2N2O5/c13-6-4-7(10(14)9(5-6)16(20)21)11(17)15-3-1-2-8(15)12(18)19/h4-5,8H,1-3H2,(H,18,19). The Morgan fingerprint density at radius 3 is 2.62 bits per heavy atom. The molecule has 0 bridgehead atoms. The lowest BCUT2D eigenvalue weighted by Gasteiger charge is -2.21. The van der Waals surface area contributed by atoms with Gasteiger partial charge in [0.25, 0.3) is 5.91 Å². The van der Waals surface area contributed by atoms with Gasteiger partial charge in [-0.3, -0.25) is 14.9 Å². The van der Waals surface area contributed by atoms with Crippen molar-refractivity contribution in [3.8, 4) is 0 Å². The molecule has 1 aromatic rings. The van der Waals surface area contributed by atoms with E-state index >= 15 is 0 Å². The van der Waals surface area contributed by atoms with E-state index in [1.807, 2.05) is 0 Å². The van der Waals surface area contributed by atoms with Gasteiger partial charge in [0.2, 0.25) is 5.82 Å². The highest BCUT2D eigenvalue weighted by molar-refractivity contribution is 5.97. The molecule has 0 aromatic heterocycles. The Balaban J connectivity index is 2.44. The number of likely N-dealkylation sites (tertiary alicyclic amines) is 1. The number of hydrogen-bond donors (Lipinski definition) is 1. The molecule has 1 saturated heterocycles. The van der Waals surface area contributed by atoms with Crippen LogP contribution in [0.2, 0.25) is 0 Å². The van der Waals surface area contributed by atoms with Crippen LogP contribution in [-0.2, 0) is 4.79 Å². The van der Waals surface area contributed by atoms with Crippen LogP contribution in [-0.4, -0.2) is 39.4 Å². The summed E-state index contributed by atoms with van der Waals surface area (Å²) < 4.78 is 27.2. The molecular weight excluding hydrogens is 290 g/mol. The fourth-order valence-corrected chi connectivity index (χ4v) is 2.28. The third-order valence-electron chi connectivity index (χ3n) is 3.24. The molecule has 1 aliphatic rings. The maximum atomic E-state index is 13.9. The first-order chi connectivity index (χ1) is 9.82. The number of benzene rings is 1. The van der Waals surface area contributed by atoms with Crippen LogP contribution in [0.15, 0.2) is 12.1 Å². The van der Waals surface area contributed by atoms with Gasteiger partial charge in [-0.15, -0.1) is 0 Å². The average molecular weight is 300 g/mol. The monoisotopic (exact) mass is 300 g/mol. The minimum atomic E-state index is -1.47. The number of carbonyl (C=O) groups is 2. The van der Waals surface area contributed by atoms with Crippen molar-refractivity contribution in [2.24, 2.45) is 0 Å². The molecule has 0 saturated carbocycles. The normalized spacial score (nSPS) is 17.8. The molecule has 1 aromatic carbocycles. The van der Waals surface area contributed by atoms with Crippen LogP contribution < -0.4 is 0 Å². The van der Waals surface area contributed by atoms with Gasteiger partial charge in [0.05, 0.1) is 16.6 Å². The molecule has 7 nitrogen and oxygen atoms in total. The van der Waals surface area contributed by atoms with Crippen molar-refractivity contribution in [3.63, 3.8) is 0 Å². The molecule has 112 valence electrons. The smallest absolute Gasteiger partial charge is 0.326 e. The number of nitro groups is 1. The van der Waals surface area contributed by atoms with Gasteiger partial charge in [0, 0.05) is 6.54 Å². The van der Waals surface area contributed by atoms with E-state index in [-0.39, 0.29) is 13.0 Å². The molecule has 1 heterocycles. The van der Waals surface area contributed by atoms with Crippen LogP contribution in [0.3, 0.4) is 0 Å². The summed E-state index contributed by atoms with van der Waals surface area (Å²) in [6.45, 7) is 0.0690. The summed E-state index contributed by atoms with van der Waals surface area (Å²) in [5, 5.41) is 19.6. The maximum absolute atomic E-state index is 13.9. The van der Waals surface area contributed by atoms with Crippen LogP contribution in [0.25, 0.3) is 0 Å². The Hall–Kier alpha value is -2.58. The van der Waals surface area contributed by atoms with Crippen molar-refractivity contribution >= 4 is 17.6 Å². The van der Waals surface area contributed by atoms with Crippen LogP contribution in [0.1, 0.15) is 23.2 Å². The summed E-state index contributed by atoms with van der Waals surface area (Å²) >= 11 is 0. The molecule has 21 heavy (non-hydrogen) atoms. The van der Waals surface area contributed by atoms with Gasteiger partial charge in [-0.1, -0.05) is 0 Å². The molecular formula is C12H10F2N2O5. The molecule has 1 N–H and O–H groups in total. The molecule has 1 atom stereocenters. The summed E-state index contributed by atoms with van der Waals surface area (Å²) in [4.78, 5) is 33.5. The molecule has 2 rings (SSSR count). The van der Waals surface area contributed by atoms with E-state index in [9.17, 15) is 28.5 Å². The lowest BCUT2D eigenvalue weighted by atomic mass is 10.1. The van der Waals surface area contributed by atoms with E-state index in [0.29, 0.717) is 18.6 Å². The minimum absolute atomic E-state index is 0.0690. The van der Waals surface area contributed by atoms with Crippen molar-refractivity contribution in [2.75, 3.05) is 6.54 Å². The van der Waals surface area contributed by atoms with E-state index in [2.05, 4.69) is 0 Å². The number of nitro benzene ring substituents is 1. The molecule has 0 spiro atoms. The molecule has 1 amide bonds. The van der Waals surface area contributed by atoms with Crippen LogP contribution >= 0.6 is 0 Å². The van der Waals surface area contributed by atoms with E-state index in [1.165, 1.54) is 0 Å². The van der Waals surface area contributed by atoms with Gasteiger partial charge in [-0.05, 0) is 18.9 Å². The number of amides is 1. The van der Waals surface area contributed by atoms with E-state index in [1.54, 1.807) is 0 Å². The Labute approximate surface area is 116 Å². The number of hydrogen-bond acceptors (Lipinski definition) is 4. The Bertz CT molecular complexity index is 634. The number of carbonyl (C=O) groups excluding carboxylic acids is 1. The Kier molecular flexibility index (Phi) is 3.83. The molecule has 1 fully saturated rings. The van der Waals surface area contributed by atoms with E-state index in [4.69, 9.17) is 5.11 Å². The highest BCUT2D eigenvalue weighted by Crippen LogP contribution is 2.26. The van der Waals surface area contributed by atoms with Crippen molar-refractivity contribution in [3.05, 3.63) is 39.4 Å². The predicted octanol–water partition coefficient (Wildman–Crippen LogP) is 1.56. The van der Waals surface area contributed by atoms with Crippen LogP contribution in [0, 0.1) is 21.7 Å². The van der Waals surface area contributed by atoms with Gasteiger partial charge in [-0.2, -0.15) is 4.39 Å². The van der Waals surface area contributed by atoms with Gasteiger partial charge >= 0.3 is 11.7 Å². The zero-order valence-electron chi connectivity index (χ0n) is 10.6. The number of aliphatic carboxylic acids is 1. The third kappa shape index (κ3) is 2.67. The van der Waals surface area contributed by atoms with E-state index < -0.39 is 45.7 Å². The molecule has 0 aliphatic carbocycles. The quantitative estimate of drug-likeness (QED) is 0.674. The number of carboxylic acid groups (broad SMARTS) is 1. The van der Waals surface area contributed by atoms with Gasteiger partial charge < -0.3 is 10.0 Å². The van der Waals surface area contributed by atoms with Gasteiger partial charge in [-0.25, -0.2) is 9.18 Å². The second kappa shape index (κ2) is 5.43. The number of halogens is 2. The minimum Gasteiger partial charge on any atom is -0.480 e. The number of rotatable bonds is 3. The first-order valence-electron chi connectivity index (χ1n) is 6.00. The third-order valence-corrected chi connectivity index (χ3v) is 3.24. The summed E-state index contributed by atoms with van der Waals surface area (Å²) in [5.74, 6) is -4.94. The summed E-state index contributed by atoms with van der Waals surface area (Å²) in [6.07, 6.45) is 0.599. The topological polar surface area (TPSA) is 101 Å². The maximum Gasteiger partial charge on any atom is 0.326 e. The summed E-state index contributed by atoms with van der Waals surface area (Å²) in [7, 11) is 0. The fourth-order valence-electron chi connectivity index (χ4n) is 2.28. The number of nitrogens with zero attached hydrogens (tertiary/aromatic N) is 2. The summed E-state index contributed by atoms with van der Waals surface area (Å²) in [5.41, 5.74) is -2.00. The Morgan fingerprint density at radius 1 is 1.38 bits per heavy atom. The van der Waals surface area contributed by atoms with Crippen molar-refractivity contribution < 1.29 is 28.4 Å². The van der Waals surface area contributed by atoms with Crippen molar-refractivity contribution in [2.45, 2.75) is 18.9 Å². The molecule has 1 unspecified atom stereocenters. The number of carboxylic acids is 1. The molecule has 9 heteroatoms. The van der Waals surface area contributed by atoms with Crippen LogP contribution in [0.4, 0.5) is 14.5 Å². The van der Waals surface area contributed by atoms with Crippen molar-refractivity contribution in [1.82, 2.24) is 4.90 Å².